The van der Waals surface area contributed by atoms with Gasteiger partial charge in [0, 0.05) is 12.2 Å². The molecular weight excluding hydrogens is 196 g/mol. The second kappa shape index (κ2) is 5.47. The number of carbonyl (C=O) groups is 1. The molecule has 0 aliphatic rings. The van der Waals surface area contributed by atoms with Crippen molar-refractivity contribution < 1.29 is 9.63 Å². The van der Waals surface area contributed by atoms with E-state index >= 15 is 0 Å². The Labute approximate surface area is 88.4 Å². The normalized spacial score (nSPS) is 10.9. The molecule has 6 nitrogen and oxygen atoms in total. The zero-order valence-electron chi connectivity index (χ0n) is 8.93. The van der Waals surface area contributed by atoms with Gasteiger partial charge in [0.25, 0.3) is 0 Å². The molecule has 0 bridgehead atoms. The van der Waals surface area contributed by atoms with Crippen LogP contribution >= 0.6 is 0 Å². The highest BCUT2D eigenvalue weighted by Crippen LogP contribution is 2.07. The summed E-state index contributed by atoms with van der Waals surface area (Å²) in [5.41, 5.74) is 8.56. The van der Waals surface area contributed by atoms with Crippen LogP contribution in [-0.4, -0.2) is 22.1 Å². The van der Waals surface area contributed by atoms with Gasteiger partial charge in [-0.1, -0.05) is 0 Å². The van der Waals surface area contributed by atoms with Gasteiger partial charge in [0.15, 0.2) is 0 Å². The van der Waals surface area contributed by atoms with Gasteiger partial charge in [-0.25, -0.2) is 4.98 Å². The molecule has 3 N–H and O–H groups in total. The van der Waals surface area contributed by atoms with Crippen LogP contribution < -0.4 is 11.2 Å². The number of imidazole rings is 1. The molecule has 15 heavy (non-hydrogen) atoms. The molecule has 0 spiro atoms. The van der Waals surface area contributed by atoms with E-state index in [0.29, 0.717) is 12.6 Å². The minimum atomic E-state index is -0.500. The highest BCUT2D eigenvalue weighted by atomic mass is 16.6. The monoisotopic (exact) mass is 212 g/mol. The molecule has 0 unspecified atom stereocenters. The van der Waals surface area contributed by atoms with Crippen LogP contribution in [0.4, 0.5) is 0 Å². The Morgan fingerprint density at radius 2 is 2.47 bits per heavy atom. The summed E-state index contributed by atoms with van der Waals surface area (Å²) in [6, 6.07) is 0.348. The molecule has 0 aliphatic carbocycles. The molecule has 1 heterocycles. The summed E-state index contributed by atoms with van der Waals surface area (Å²) >= 11 is 0. The van der Waals surface area contributed by atoms with E-state index < -0.39 is 5.91 Å². The number of hydrogen-bond donors (Lipinski definition) is 2. The van der Waals surface area contributed by atoms with Crippen LogP contribution in [0.25, 0.3) is 0 Å². The number of rotatable bonds is 6. The summed E-state index contributed by atoms with van der Waals surface area (Å²) in [6.45, 7) is 4.49. The number of carbonyl (C=O) groups excluding carboxylic acids is 1. The van der Waals surface area contributed by atoms with E-state index in [1.54, 1.807) is 12.5 Å². The van der Waals surface area contributed by atoms with Gasteiger partial charge in [-0.2, -0.15) is 5.48 Å². The molecule has 1 rings (SSSR count). The molecule has 1 aromatic rings. The first-order valence-corrected chi connectivity index (χ1v) is 4.75. The average molecular weight is 212 g/mol. The second-order valence-electron chi connectivity index (χ2n) is 3.46. The maximum atomic E-state index is 10.4. The van der Waals surface area contributed by atoms with E-state index in [1.807, 2.05) is 4.57 Å². The maximum absolute atomic E-state index is 10.4. The predicted molar refractivity (Wildman–Crippen MR) is 54.6 cm³/mol. The Bertz CT molecular complexity index is 322. The second-order valence-corrected chi connectivity index (χ2v) is 3.46. The SMILES string of the molecule is CC(C)n1cncc1CNOCC(N)=O. The zero-order valence-corrected chi connectivity index (χ0v) is 8.93. The molecule has 0 atom stereocenters. The number of primary amides is 1. The number of nitrogens with one attached hydrogen (secondary N) is 1. The van der Waals surface area contributed by atoms with Crippen molar-refractivity contribution in [3.8, 4) is 0 Å². The van der Waals surface area contributed by atoms with Gasteiger partial charge in [-0.05, 0) is 13.8 Å². The van der Waals surface area contributed by atoms with Gasteiger partial charge in [-0.15, -0.1) is 0 Å². The van der Waals surface area contributed by atoms with Crippen LogP contribution in [0.2, 0.25) is 0 Å². The number of aromatic nitrogens is 2. The summed E-state index contributed by atoms with van der Waals surface area (Å²) in [6.07, 6.45) is 3.51. The predicted octanol–water partition coefficient (Wildman–Crippen LogP) is -0.0295. The lowest BCUT2D eigenvalue weighted by Gasteiger charge is -2.11. The van der Waals surface area contributed by atoms with Crippen LogP contribution in [0.1, 0.15) is 25.6 Å². The Kier molecular flexibility index (Phi) is 4.26. The van der Waals surface area contributed by atoms with Crippen molar-refractivity contribution >= 4 is 5.91 Å². The number of amides is 1. The van der Waals surface area contributed by atoms with Gasteiger partial charge in [0.2, 0.25) is 5.91 Å². The van der Waals surface area contributed by atoms with Gasteiger partial charge < -0.3 is 10.3 Å². The minimum absolute atomic E-state index is 0.129. The van der Waals surface area contributed by atoms with Crippen molar-refractivity contribution in [2.24, 2.45) is 5.73 Å². The lowest BCUT2D eigenvalue weighted by molar-refractivity contribution is -0.125. The molecule has 6 heteroatoms. The van der Waals surface area contributed by atoms with E-state index in [2.05, 4.69) is 24.3 Å². The van der Waals surface area contributed by atoms with E-state index in [9.17, 15) is 4.79 Å². The molecule has 0 saturated carbocycles. The largest absolute Gasteiger partial charge is 0.368 e. The van der Waals surface area contributed by atoms with E-state index in [1.165, 1.54) is 0 Å². The zero-order chi connectivity index (χ0) is 11.3. The van der Waals surface area contributed by atoms with Crippen LogP contribution in [0.15, 0.2) is 12.5 Å². The lowest BCUT2D eigenvalue weighted by Crippen LogP contribution is -2.25. The first-order valence-electron chi connectivity index (χ1n) is 4.75. The fourth-order valence-electron chi connectivity index (χ4n) is 1.18. The number of nitrogens with zero attached hydrogens (tertiary/aromatic N) is 2. The van der Waals surface area contributed by atoms with Crippen molar-refractivity contribution in [2.45, 2.75) is 26.4 Å². The summed E-state index contributed by atoms with van der Waals surface area (Å²) in [5.74, 6) is -0.500. The van der Waals surface area contributed by atoms with Gasteiger partial charge in [0.05, 0.1) is 18.6 Å². The van der Waals surface area contributed by atoms with Crippen molar-refractivity contribution in [3.63, 3.8) is 0 Å². The van der Waals surface area contributed by atoms with Gasteiger partial charge in [0.1, 0.15) is 6.61 Å². The maximum Gasteiger partial charge on any atom is 0.245 e. The highest BCUT2D eigenvalue weighted by molar-refractivity contribution is 5.74. The summed E-state index contributed by atoms with van der Waals surface area (Å²) in [5, 5.41) is 0. The van der Waals surface area contributed by atoms with Crippen LogP contribution in [0.3, 0.4) is 0 Å². The van der Waals surface area contributed by atoms with E-state index in [0.717, 1.165) is 5.69 Å². The minimum Gasteiger partial charge on any atom is -0.368 e. The third kappa shape index (κ3) is 3.69. The number of nitrogens with two attached hydrogens (primary N) is 1. The lowest BCUT2D eigenvalue weighted by atomic mass is 10.3. The van der Waals surface area contributed by atoms with Crippen molar-refractivity contribution in [1.82, 2.24) is 15.0 Å². The Morgan fingerprint density at radius 3 is 3.07 bits per heavy atom. The van der Waals surface area contributed by atoms with E-state index in [-0.39, 0.29) is 6.61 Å². The van der Waals surface area contributed by atoms with E-state index in [4.69, 9.17) is 10.6 Å². The van der Waals surface area contributed by atoms with Gasteiger partial charge in [-0.3, -0.25) is 9.63 Å². The third-order valence-corrected chi connectivity index (χ3v) is 1.87. The summed E-state index contributed by atoms with van der Waals surface area (Å²) in [4.78, 5) is 19.2. The van der Waals surface area contributed by atoms with Gasteiger partial charge >= 0.3 is 0 Å². The van der Waals surface area contributed by atoms with Crippen LogP contribution in [-0.2, 0) is 16.2 Å². The first kappa shape index (κ1) is 11.7. The molecular formula is C9H16N4O2. The fourth-order valence-corrected chi connectivity index (χ4v) is 1.18. The molecule has 1 aromatic heterocycles. The quantitative estimate of drug-likeness (QED) is 0.512. The number of hydrogen-bond acceptors (Lipinski definition) is 4. The standard InChI is InChI=1S/C9H16N4O2/c1-7(2)13-6-11-3-8(13)4-12-15-5-9(10)14/h3,6-7,12H,4-5H2,1-2H3,(H2,10,14). The van der Waals surface area contributed by atoms with Crippen LogP contribution in [0.5, 0.6) is 0 Å². The third-order valence-electron chi connectivity index (χ3n) is 1.87. The molecule has 1 amide bonds. The van der Waals surface area contributed by atoms with Crippen molar-refractivity contribution in [3.05, 3.63) is 18.2 Å². The van der Waals surface area contributed by atoms with Crippen LogP contribution in [0, 0.1) is 0 Å². The fraction of sp³-hybridized carbons (Fsp3) is 0.556. The average Bonchev–Trinajstić information content (AvgIpc) is 2.60. The molecule has 0 fully saturated rings. The van der Waals surface area contributed by atoms with Crippen molar-refractivity contribution in [2.75, 3.05) is 6.61 Å². The molecule has 0 radical (unpaired) electrons. The van der Waals surface area contributed by atoms with Crippen molar-refractivity contribution in [1.29, 1.82) is 0 Å². The molecule has 0 aliphatic heterocycles. The Hall–Kier alpha value is -1.40. The summed E-state index contributed by atoms with van der Waals surface area (Å²) in [7, 11) is 0. The summed E-state index contributed by atoms with van der Waals surface area (Å²) < 4.78 is 2.01. The molecule has 84 valence electrons. The smallest absolute Gasteiger partial charge is 0.245 e. The Balaban J connectivity index is 2.37. The Morgan fingerprint density at radius 1 is 1.73 bits per heavy atom. The topological polar surface area (TPSA) is 82.2 Å². The molecule has 0 saturated heterocycles. The highest BCUT2D eigenvalue weighted by Gasteiger charge is 2.04. The molecule has 0 aromatic carbocycles. The first-order chi connectivity index (χ1) is 7.11. The number of hydroxylamine groups is 1.